The molecule has 1 saturated heterocycles. The zero-order chi connectivity index (χ0) is 16.7. The van der Waals surface area contributed by atoms with Crippen molar-refractivity contribution in [1.82, 2.24) is 10.6 Å². The van der Waals surface area contributed by atoms with E-state index in [1.54, 1.807) is 12.1 Å². The van der Waals surface area contributed by atoms with Crippen molar-refractivity contribution in [3.05, 3.63) is 29.8 Å². The third-order valence-electron chi connectivity index (χ3n) is 3.67. The normalized spacial score (nSPS) is 17.3. The van der Waals surface area contributed by atoms with E-state index in [0.717, 1.165) is 25.0 Å². The number of hydrogen-bond donors (Lipinski definition) is 3. The first kappa shape index (κ1) is 20.9. The predicted molar refractivity (Wildman–Crippen MR) is 93.6 cm³/mol. The number of sulfonamides is 1. The molecule has 1 fully saturated rings. The van der Waals surface area contributed by atoms with Crippen LogP contribution in [0.4, 0.5) is 0 Å². The van der Waals surface area contributed by atoms with Crippen LogP contribution in [0.25, 0.3) is 0 Å². The summed E-state index contributed by atoms with van der Waals surface area (Å²) in [6.45, 7) is 2.27. The van der Waals surface area contributed by atoms with Gasteiger partial charge in [0.05, 0.1) is 17.5 Å². The van der Waals surface area contributed by atoms with Crippen molar-refractivity contribution < 1.29 is 17.9 Å². The van der Waals surface area contributed by atoms with Gasteiger partial charge in [0.2, 0.25) is 15.9 Å². The second kappa shape index (κ2) is 9.95. The molecule has 0 spiro atoms. The molecule has 1 aliphatic heterocycles. The third kappa shape index (κ3) is 7.14. The van der Waals surface area contributed by atoms with Crippen LogP contribution in [0.15, 0.2) is 29.2 Å². The third-order valence-corrected chi connectivity index (χ3v) is 4.60. The summed E-state index contributed by atoms with van der Waals surface area (Å²) in [7, 11) is -3.66. The van der Waals surface area contributed by atoms with E-state index in [1.165, 1.54) is 12.1 Å². The molecule has 1 aromatic rings. The molecule has 1 amide bonds. The van der Waals surface area contributed by atoms with Crippen LogP contribution in [0.2, 0.25) is 0 Å². The standard InChI is InChI=1S/C15H23N3O4S.ClH/c16-23(20,21)14-5-3-12(4-6-14)7-8-18-15(19)11-17-10-13-2-1-9-22-13;/h3-6,13,17H,1-2,7-11H2,(H,18,19)(H2,16,20,21);1H. The molecule has 0 bridgehead atoms. The minimum Gasteiger partial charge on any atom is -0.377 e. The van der Waals surface area contributed by atoms with Gasteiger partial charge in [-0.2, -0.15) is 0 Å². The van der Waals surface area contributed by atoms with Gasteiger partial charge in [0, 0.05) is 19.7 Å². The van der Waals surface area contributed by atoms with Crippen LogP contribution in [0, 0.1) is 0 Å². The fourth-order valence-corrected chi connectivity index (χ4v) is 2.92. The lowest BCUT2D eigenvalue weighted by Crippen LogP contribution is -2.37. The lowest BCUT2D eigenvalue weighted by Gasteiger charge is -2.11. The highest BCUT2D eigenvalue weighted by atomic mass is 35.5. The van der Waals surface area contributed by atoms with Gasteiger partial charge in [-0.15, -0.1) is 12.4 Å². The summed E-state index contributed by atoms with van der Waals surface area (Å²) < 4.78 is 27.8. The van der Waals surface area contributed by atoms with Gasteiger partial charge in [0.25, 0.3) is 0 Å². The summed E-state index contributed by atoms with van der Waals surface area (Å²) in [5, 5.41) is 10.9. The van der Waals surface area contributed by atoms with Crippen LogP contribution in [0.5, 0.6) is 0 Å². The van der Waals surface area contributed by atoms with Gasteiger partial charge < -0.3 is 15.4 Å². The molecular weight excluding hydrogens is 354 g/mol. The van der Waals surface area contributed by atoms with Crippen LogP contribution in [0.3, 0.4) is 0 Å². The molecule has 4 N–H and O–H groups in total. The Morgan fingerprint density at radius 2 is 2.00 bits per heavy atom. The quantitative estimate of drug-likeness (QED) is 0.598. The highest BCUT2D eigenvalue weighted by Crippen LogP contribution is 2.10. The molecule has 9 heteroatoms. The highest BCUT2D eigenvalue weighted by Gasteiger charge is 2.15. The van der Waals surface area contributed by atoms with E-state index in [-0.39, 0.29) is 35.9 Å². The number of nitrogens with two attached hydrogens (primary N) is 1. The summed E-state index contributed by atoms with van der Waals surface area (Å²) in [6, 6.07) is 6.33. The highest BCUT2D eigenvalue weighted by molar-refractivity contribution is 7.89. The van der Waals surface area contributed by atoms with Gasteiger partial charge >= 0.3 is 0 Å². The van der Waals surface area contributed by atoms with Crippen molar-refractivity contribution >= 4 is 28.3 Å². The number of primary sulfonamides is 1. The largest absolute Gasteiger partial charge is 0.377 e. The number of amides is 1. The van der Waals surface area contributed by atoms with Crippen molar-refractivity contribution in [3.63, 3.8) is 0 Å². The van der Waals surface area contributed by atoms with Gasteiger partial charge in [0.1, 0.15) is 0 Å². The van der Waals surface area contributed by atoms with E-state index in [0.29, 0.717) is 19.5 Å². The summed E-state index contributed by atoms with van der Waals surface area (Å²) in [6.07, 6.45) is 2.98. The number of benzene rings is 1. The van der Waals surface area contributed by atoms with Crippen molar-refractivity contribution in [2.45, 2.75) is 30.3 Å². The maximum atomic E-state index is 11.7. The van der Waals surface area contributed by atoms with Gasteiger partial charge in [-0.05, 0) is 37.0 Å². The number of halogens is 1. The first-order chi connectivity index (χ1) is 10.9. The van der Waals surface area contributed by atoms with Gasteiger partial charge in [-0.1, -0.05) is 12.1 Å². The molecule has 1 aromatic carbocycles. The summed E-state index contributed by atoms with van der Waals surface area (Å²) in [5.41, 5.74) is 0.935. The smallest absolute Gasteiger partial charge is 0.238 e. The average molecular weight is 378 g/mol. The van der Waals surface area contributed by atoms with E-state index >= 15 is 0 Å². The Balaban J connectivity index is 0.00000288. The molecular formula is C15H24ClN3O4S. The van der Waals surface area contributed by atoms with Crippen LogP contribution in [-0.4, -0.2) is 46.7 Å². The molecule has 7 nitrogen and oxygen atoms in total. The zero-order valence-corrected chi connectivity index (χ0v) is 15.0. The molecule has 0 saturated carbocycles. The fourth-order valence-electron chi connectivity index (χ4n) is 2.41. The Hall–Kier alpha value is -1.19. The van der Waals surface area contributed by atoms with Crippen LogP contribution in [-0.2, 0) is 26.0 Å². The topological polar surface area (TPSA) is 111 Å². The second-order valence-electron chi connectivity index (χ2n) is 5.55. The maximum Gasteiger partial charge on any atom is 0.238 e. The fraction of sp³-hybridized carbons (Fsp3) is 0.533. The van der Waals surface area contributed by atoms with Crippen LogP contribution >= 0.6 is 12.4 Å². The lowest BCUT2D eigenvalue weighted by atomic mass is 10.1. The Labute approximate surface area is 148 Å². The molecule has 1 atom stereocenters. The summed E-state index contributed by atoms with van der Waals surface area (Å²) in [5.74, 6) is -0.0656. The van der Waals surface area contributed by atoms with Gasteiger partial charge in [-0.25, -0.2) is 13.6 Å². The Bertz CT molecular complexity index is 616. The molecule has 1 heterocycles. The Kier molecular flexibility index (Phi) is 8.65. The van der Waals surface area contributed by atoms with Crippen molar-refractivity contribution in [1.29, 1.82) is 0 Å². The minimum atomic E-state index is -3.66. The number of carbonyl (C=O) groups is 1. The average Bonchev–Trinajstić information content (AvgIpc) is 3.00. The molecule has 0 radical (unpaired) electrons. The second-order valence-corrected chi connectivity index (χ2v) is 7.12. The van der Waals surface area contributed by atoms with Crippen molar-refractivity contribution in [2.24, 2.45) is 5.14 Å². The predicted octanol–water partition coefficient (Wildman–Crippen LogP) is 0.183. The van der Waals surface area contributed by atoms with Crippen LogP contribution < -0.4 is 15.8 Å². The molecule has 24 heavy (non-hydrogen) atoms. The Morgan fingerprint density at radius 1 is 1.29 bits per heavy atom. The lowest BCUT2D eigenvalue weighted by molar-refractivity contribution is -0.120. The number of hydrogen-bond acceptors (Lipinski definition) is 5. The summed E-state index contributed by atoms with van der Waals surface area (Å²) in [4.78, 5) is 11.8. The molecule has 136 valence electrons. The summed E-state index contributed by atoms with van der Waals surface area (Å²) >= 11 is 0. The molecule has 0 aromatic heterocycles. The minimum absolute atomic E-state index is 0. The van der Waals surface area contributed by atoms with E-state index in [2.05, 4.69) is 10.6 Å². The number of carbonyl (C=O) groups excluding carboxylic acids is 1. The SMILES string of the molecule is Cl.NS(=O)(=O)c1ccc(CCNC(=O)CNCC2CCCO2)cc1. The van der Waals surface area contributed by atoms with Crippen molar-refractivity contribution in [3.8, 4) is 0 Å². The van der Waals surface area contributed by atoms with Crippen molar-refractivity contribution in [2.75, 3.05) is 26.2 Å². The number of ether oxygens (including phenoxy) is 1. The molecule has 0 aliphatic carbocycles. The molecule has 1 unspecified atom stereocenters. The van der Waals surface area contributed by atoms with Gasteiger partial charge in [0.15, 0.2) is 0 Å². The molecule has 1 aliphatic rings. The van der Waals surface area contributed by atoms with E-state index in [1.807, 2.05) is 0 Å². The van der Waals surface area contributed by atoms with E-state index < -0.39 is 10.0 Å². The Morgan fingerprint density at radius 3 is 2.58 bits per heavy atom. The van der Waals surface area contributed by atoms with E-state index in [4.69, 9.17) is 9.88 Å². The first-order valence-electron chi connectivity index (χ1n) is 7.66. The van der Waals surface area contributed by atoms with Crippen LogP contribution in [0.1, 0.15) is 18.4 Å². The zero-order valence-electron chi connectivity index (χ0n) is 13.4. The van der Waals surface area contributed by atoms with Gasteiger partial charge in [-0.3, -0.25) is 4.79 Å². The first-order valence-corrected chi connectivity index (χ1v) is 9.20. The maximum absolute atomic E-state index is 11.7. The van der Waals surface area contributed by atoms with E-state index in [9.17, 15) is 13.2 Å². The molecule has 2 rings (SSSR count). The number of rotatable bonds is 8. The number of nitrogens with one attached hydrogen (secondary N) is 2. The monoisotopic (exact) mass is 377 g/mol.